The average Bonchev–Trinajstić information content (AvgIpc) is 3.42. The minimum Gasteiger partial charge on any atom is -0.492 e. The quantitative estimate of drug-likeness (QED) is 0.370. The van der Waals surface area contributed by atoms with Gasteiger partial charge in [0.05, 0.1) is 29.5 Å². The van der Waals surface area contributed by atoms with Crippen molar-refractivity contribution < 1.29 is 14.3 Å². The first-order valence-corrected chi connectivity index (χ1v) is 11.8. The van der Waals surface area contributed by atoms with Crippen molar-refractivity contribution in [2.75, 3.05) is 17.7 Å². The van der Waals surface area contributed by atoms with Crippen molar-refractivity contribution in [3.63, 3.8) is 0 Å². The molecule has 4 aromatic rings. The molecule has 182 valence electrons. The normalized spacial score (nSPS) is 13.3. The molecule has 0 aliphatic heterocycles. The molecule has 1 aliphatic carbocycles. The fourth-order valence-electron chi connectivity index (χ4n) is 4.11. The van der Waals surface area contributed by atoms with Crippen LogP contribution in [0.2, 0.25) is 0 Å². The predicted octanol–water partition coefficient (Wildman–Crippen LogP) is 4.32. The summed E-state index contributed by atoms with van der Waals surface area (Å²) in [6.07, 6.45) is 3.20. The maximum atomic E-state index is 11.9. The summed E-state index contributed by atoms with van der Waals surface area (Å²) in [5, 5.41) is 15.3. The molecule has 2 aromatic carbocycles. The second-order valence-corrected chi connectivity index (χ2v) is 9.03. The Hall–Kier alpha value is -4.08. The number of ether oxygens (including phenoxy) is 2. The van der Waals surface area contributed by atoms with E-state index < -0.39 is 6.09 Å². The van der Waals surface area contributed by atoms with Gasteiger partial charge in [-0.25, -0.2) is 4.79 Å². The van der Waals surface area contributed by atoms with Crippen LogP contribution in [0.25, 0.3) is 22.2 Å². The summed E-state index contributed by atoms with van der Waals surface area (Å²) in [6, 6.07) is 13.7. The molecule has 3 N–H and O–H groups in total. The Morgan fingerprint density at radius 2 is 2.00 bits per heavy atom. The predicted molar refractivity (Wildman–Crippen MR) is 133 cm³/mol. The van der Waals surface area contributed by atoms with Crippen LogP contribution < -0.4 is 15.8 Å². The van der Waals surface area contributed by atoms with Gasteiger partial charge in [0.2, 0.25) is 0 Å². The maximum absolute atomic E-state index is 11.9. The topological polar surface area (TPSA) is 122 Å². The van der Waals surface area contributed by atoms with E-state index in [1.54, 1.807) is 0 Å². The molecule has 10 heteroatoms. The highest BCUT2D eigenvalue weighted by Crippen LogP contribution is 2.41. The molecule has 1 fully saturated rings. The fraction of sp³-hybridized carbons (Fsp3) is 0.360. The third-order valence-electron chi connectivity index (χ3n) is 5.91. The Balaban J connectivity index is 1.41. The van der Waals surface area contributed by atoms with Crippen LogP contribution in [0.1, 0.15) is 26.7 Å². The highest BCUT2D eigenvalue weighted by atomic mass is 16.6. The molecule has 0 atom stereocenters. The molecule has 5 rings (SSSR count). The Labute approximate surface area is 203 Å². The van der Waals surface area contributed by atoms with Crippen LogP contribution >= 0.6 is 0 Å². The minimum atomic E-state index is -0.470. The summed E-state index contributed by atoms with van der Waals surface area (Å²) in [7, 11) is 0. The summed E-state index contributed by atoms with van der Waals surface area (Å²) < 4.78 is 13.4. The van der Waals surface area contributed by atoms with E-state index in [2.05, 4.69) is 25.3 Å². The largest absolute Gasteiger partial charge is 0.492 e. The van der Waals surface area contributed by atoms with Crippen LogP contribution in [0.5, 0.6) is 5.75 Å². The van der Waals surface area contributed by atoms with E-state index in [0.717, 1.165) is 40.1 Å². The van der Waals surface area contributed by atoms with E-state index in [-0.39, 0.29) is 6.10 Å². The molecule has 1 aliphatic rings. The summed E-state index contributed by atoms with van der Waals surface area (Å²) in [5.41, 5.74) is 11.1. The van der Waals surface area contributed by atoms with Gasteiger partial charge < -0.3 is 19.8 Å². The van der Waals surface area contributed by atoms with Gasteiger partial charge in [-0.1, -0.05) is 12.1 Å². The van der Waals surface area contributed by atoms with Crippen LogP contribution in [0.15, 0.2) is 48.8 Å². The monoisotopic (exact) mass is 475 g/mol. The first-order chi connectivity index (χ1) is 17.0. The lowest BCUT2D eigenvalue weighted by molar-refractivity contribution is 0.130. The molecule has 0 saturated heterocycles. The zero-order valence-corrected chi connectivity index (χ0v) is 19.8. The second-order valence-electron chi connectivity index (χ2n) is 9.03. The van der Waals surface area contributed by atoms with Gasteiger partial charge in [0.25, 0.3) is 0 Å². The van der Waals surface area contributed by atoms with Crippen LogP contribution in [0.3, 0.4) is 0 Å². The summed E-state index contributed by atoms with van der Waals surface area (Å²) >= 11 is 0. The zero-order chi connectivity index (χ0) is 24.4. The van der Waals surface area contributed by atoms with Crippen LogP contribution in [0.4, 0.5) is 16.2 Å². The lowest BCUT2D eigenvalue weighted by Crippen LogP contribution is -2.17. The third-order valence-corrected chi connectivity index (χ3v) is 5.91. The summed E-state index contributed by atoms with van der Waals surface area (Å²) in [6.45, 7) is 5.47. The molecule has 1 saturated carbocycles. The fourth-order valence-corrected chi connectivity index (χ4v) is 4.11. The Morgan fingerprint density at radius 1 is 1.20 bits per heavy atom. The number of carbonyl (C=O) groups excluding carboxylic acids is 1. The molecule has 35 heavy (non-hydrogen) atoms. The Bertz CT molecular complexity index is 1310. The SMILES string of the molecule is CC(C)OC(=O)Nc1ccc(-c2c(N)c3ccc(OCCn4ncnn4)cc3n2CC2CC2)cc1. The van der Waals surface area contributed by atoms with Crippen molar-refractivity contribution in [3.05, 3.63) is 48.8 Å². The lowest BCUT2D eigenvalue weighted by atomic mass is 10.1. The molecular formula is C25H29N7O3. The van der Waals surface area contributed by atoms with Gasteiger partial charge in [0.1, 0.15) is 12.4 Å². The van der Waals surface area contributed by atoms with E-state index in [9.17, 15) is 4.79 Å². The molecule has 0 bridgehead atoms. The number of nitrogens with one attached hydrogen (secondary N) is 1. The molecule has 2 heterocycles. The lowest BCUT2D eigenvalue weighted by Gasteiger charge is -2.13. The molecule has 0 spiro atoms. The molecular weight excluding hydrogens is 446 g/mol. The highest BCUT2D eigenvalue weighted by Gasteiger charge is 2.26. The summed E-state index contributed by atoms with van der Waals surface area (Å²) in [4.78, 5) is 13.4. The standard InChI is InChI=1S/C25H29N7O3/c1-16(2)35-25(33)29-19-7-5-18(6-8-19)24-23(26)21-10-9-20(34-12-11-32-28-15-27-30-32)13-22(21)31(24)14-17-3-4-17/h5-10,13,15-17H,3-4,11-12,14,26H2,1-2H3,(H,29,33). The number of benzene rings is 2. The first kappa shape index (κ1) is 22.7. The van der Waals surface area contributed by atoms with Crippen LogP contribution in [0, 0.1) is 5.92 Å². The van der Waals surface area contributed by atoms with Crippen molar-refractivity contribution >= 4 is 28.4 Å². The number of rotatable bonds is 9. The van der Waals surface area contributed by atoms with Crippen molar-refractivity contribution in [2.45, 2.75) is 45.9 Å². The number of nitrogens with two attached hydrogens (primary N) is 1. The Kier molecular flexibility index (Phi) is 6.26. The number of aromatic nitrogens is 5. The van der Waals surface area contributed by atoms with Gasteiger partial charge in [-0.05, 0) is 62.1 Å². The molecule has 0 unspecified atom stereocenters. The van der Waals surface area contributed by atoms with Crippen molar-refractivity contribution in [2.24, 2.45) is 5.92 Å². The van der Waals surface area contributed by atoms with Crippen molar-refractivity contribution in [1.29, 1.82) is 0 Å². The number of anilines is 2. The van der Waals surface area contributed by atoms with E-state index in [1.807, 2.05) is 56.3 Å². The Morgan fingerprint density at radius 3 is 2.69 bits per heavy atom. The number of nitrogen functional groups attached to an aromatic ring is 1. The van der Waals surface area contributed by atoms with Crippen molar-refractivity contribution in [3.8, 4) is 17.0 Å². The molecule has 0 radical (unpaired) electrons. The number of hydrogen-bond acceptors (Lipinski definition) is 7. The van der Waals surface area contributed by atoms with E-state index in [0.29, 0.717) is 24.8 Å². The van der Waals surface area contributed by atoms with E-state index in [4.69, 9.17) is 15.2 Å². The van der Waals surface area contributed by atoms with Gasteiger partial charge in [0.15, 0.2) is 6.33 Å². The van der Waals surface area contributed by atoms with E-state index in [1.165, 1.54) is 24.0 Å². The van der Waals surface area contributed by atoms with Crippen molar-refractivity contribution in [1.82, 2.24) is 24.8 Å². The van der Waals surface area contributed by atoms with Gasteiger partial charge >= 0.3 is 6.09 Å². The second kappa shape index (κ2) is 9.65. The molecule has 10 nitrogen and oxygen atoms in total. The first-order valence-electron chi connectivity index (χ1n) is 11.8. The average molecular weight is 476 g/mol. The maximum Gasteiger partial charge on any atom is 0.411 e. The highest BCUT2D eigenvalue weighted by molar-refractivity contribution is 6.01. The number of hydrogen-bond donors (Lipinski definition) is 2. The molecule has 2 aromatic heterocycles. The van der Waals surface area contributed by atoms with Crippen LogP contribution in [-0.4, -0.2) is 43.6 Å². The minimum absolute atomic E-state index is 0.180. The smallest absolute Gasteiger partial charge is 0.411 e. The number of fused-ring (bicyclic) bond motifs is 1. The number of tetrazole rings is 1. The van der Waals surface area contributed by atoms with Gasteiger partial charge in [0, 0.05) is 29.2 Å². The molecule has 1 amide bonds. The summed E-state index contributed by atoms with van der Waals surface area (Å²) in [5.74, 6) is 1.42. The van der Waals surface area contributed by atoms with Crippen LogP contribution in [-0.2, 0) is 17.8 Å². The number of carbonyl (C=O) groups is 1. The van der Waals surface area contributed by atoms with Gasteiger partial charge in [-0.3, -0.25) is 5.32 Å². The van der Waals surface area contributed by atoms with Gasteiger partial charge in [-0.2, -0.15) is 4.80 Å². The number of amides is 1. The van der Waals surface area contributed by atoms with E-state index >= 15 is 0 Å². The number of nitrogens with zero attached hydrogens (tertiary/aromatic N) is 5. The third kappa shape index (κ3) is 5.21. The van der Waals surface area contributed by atoms with Gasteiger partial charge in [-0.15, -0.1) is 10.2 Å². The zero-order valence-electron chi connectivity index (χ0n) is 19.8.